The summed E-state index contributed by atoms with van der Waals surface area (Å²) in [6.45, 7) is 0.647. The Balaban J connectivity index is 1.35. The van der Waals surface area contributed by atoms with Crippen molar-refractivity contribution in [2.24, 2.45) is 5.16 Å². The molecule has 1 amide bonds. The molecule has 0 N–H and O–H groups in total. The van der Waals surface area contributed by atoms with E-state index in [1.807, 2.05) is 0 Å². The molecule has 0 aromatic heterocycles. The highest BCUT2D eigenvalue weighted by Gasteiger charge is 2.36. The predicted molar refractivity (Wildman–Crippen MR) is 104 cm³/mol. The van der Waals surface area contributed by atoms with Crippen LogP contribution in [0, 0.1) is 11.6 Å². The summed E-state index contributed by atoms with van der Waals surface area (Å²) in [7, 11) is -3.76. The van der Waals surface area contributed by atoms with Crippen LogP contribution in [-0.2, 0) is 19.7 Å². The van der Waals surface area contributed by atoms with E-state index < -0.39 is 27.8 Å². The summed E-state index contributed by atoms with van der Waals surface area (Å²) in [5, 5.41) is 3.91. The first-order chi connectivity index (χ1) is 14.3. The van der Waals surface area contributed by atoms with Crippen molar-refractivity contribution in [3.8, 4) is 0 Å². The number of piperazine rings is 1. The topological polar surface area (TPSA) is 79.3 Å². The smallest absolute Gasteiger partial charge is 0.266 e. The van der Waals surface area contributed by atoms with Crippen molar-refractivity contribution in [2.45, 2.75) is 17.4 Å². The van der Waals surface area contributed by atoms with Crippen molar-refractivity contribution < 1.29 is 26.8 Å². The van der Waals surface area contributed by atoms with Gasteiger partial charge in [-0.1, -0.05) is 17.3 Å². The van der Waals surface area contributed by atoms with Gasteiger partial charge in [-0.25, -0.2) is 17.2 Å². The molecule has 4 rings (SSSR count). The average Bonchev–Trinajstić information content (AvgIpc) is 3.24. The number of rotatable bonds is 4. The van der Waals surface area contributed by atoms with Crippen LogP contribution in [0.5, 0.6) is 0 Å². The lowest BCUT2D eigenvalue weighted by Gasteiger charge is -2.34. The van der Waals surface area contributed by atoms with E-state index in [-0.39, 0.29) is 43.4 Å². The van der Waals surface area contributed by atoms with Gasteiger partial charge in [0.25, 0.3) is 5.91 Å². The third-order valence-electron chi connectivity index (χ3n) is 5.10. The second kappa shape index (κ2) is 8.11. The Morgan fingerprint density at radius 2 is 1.70 bits per heavy atom. The zero-order valence-corrected chi connectivity index (χ0v) is 16.7. The average molecular weight is 435 g/mol. The van der Waals surface area contributed by atoms with E-state index in [2.05, 4.69) is 5.16 Å². The fourth-order valence-electron chi connectivity index (χ4n) is 3.46. The van der Waals surface area contributed by atoms with Crippen molar-refractivity contribution in [3.05, 3.63) is 65.7 Å². The first kappa shape index (κ1) is 20.4. The molecule has 1 atom stereocenters. The first-order valence-corrected chi connectivity index (χ1v) is 10.8. The molecule has 0 spiro atoms. The van der Waals surface area contributed by atoms with Gasteiger partial charge >= 0.3 is 0 Å². The number of hydrogen-bond acceptors (Lipinski definition) is 5. The zero-order valence-electron chi connectivity index (χ0n) is 15.9. The van der Waals surface area contributed by atoms with Crippen molar-refractivity contribution in [2.75, 3.05) is 26.2 Å². The maximum atomic E-state index is 13.4. The minimum atomic E-state index is -3.76. The van der Waals surface area contributed by atoms with Crippen molar-refractivity contribution >= 4 is 21.6 Å². The van der Waals surface area contributed by atoms with E-state index in [4.69, 9.17) is 4.84 Å². The summed E-state index contributed by atoms with van der Waals surface area (Å²) in [4.78, 5) is 19.6. The van der Waals surface area contributed by atoms with Crippen LogP contribution in [0.3, 0.4) is 0 Å². The number of oxime groups is 1. The SMILES string of the molecule is O=C([C@@H]1CC(c2cccc(F)c2)=NO1)N1CCN(S(=O)(=O)c2ccc(F)cc2)CC1. The molecule has 2 aromatic rings. The summed E-state index contributed by atoms with van der Waals surface area (Å²) in [5.41, 5.74) is 1.05. The Labute approximate surface area is 172 Å². The van der Waals surface area contributed by atoms with E-state index in [0.29, 0.717) is 11.3 Å². The van der Waals surface area contributed by atoms with Crippen LogP contribution in [0.15, 0.2) is 58.6 Å². The standard InChI is InChI=1S/C20H19F2N3O4S/c21-15-4-6-17(7-5-15)30(27,28)25-10-8-24(9-11-25)20(26)19-13-18(23-29-19)14-2-1-3-16(22)12-14/h1-7,12,19H,8-11,13H2/t19-/m0/s1. The molecule has 10 heteroatoms. The number of nitrogens with zero attached hydrogens (tertiary/aromatic N) is 3. The van der Waals surface area contributed by atoms with Gasteiger partial charge in [0.05, 0.1) is 10.6 Å². The van der Waals surface area contributed by atoms with Crippen LogP contribution in [0.1, 0.15) is 12.0 Å². The summed E-state index contributed by atoms with van der Waals surface area (Å²) >= 11 is 0. The van der Waals surface area contributed by atoms with E-state index in [0.717, 1.165) is 12.1 Å². The van der Waals surface area contributed by atoms with E-state index in [1.165, 1.54) is 33.5 Å². The summed E-state index contributed by atoms with van der Waals surface area (Å²) < 4.78 is 53.1. The number of hydrogen-bond donors (Lipinski definition) is 0. The number of benzene rings is 2. The predicted octanol–water partition coefficient (Wildman–Crippen LogP) is 1.99. The maximum absolute atomic E-state index is 13.4. The van der Waals surface area contributed by atoms with Crippen LogP contribution < -0.4 is 0 Å². The number of sulfonamides is 1. The Morgan fingerprint density at radius 1 is 1.00 bits per heavy atom. The van der Waals surface area contributed by atoms with Crippen LogP contribution in [0.2, 0.25) is 0 Å². The van der Waals surface area contributed by atoms with Gasteiger partial charge in [0.2, 0.25) is 16.1 Å². The molecule has 7 nitrogen and oxygen atoms in total. The number of carbonyl (C=O) groups is 1. The minimum Gasteiger partial charge on any atom is -0.382 e. The molecule has 0 saturated carbocycles. The fourth-order valence-corrected chi connectivity index (χ4v) is 4.88. The molecule has 2 heterocycles. The van der Waals surface area contributed by atoms with Gasteiger partial charge < -0.3 is 9.74 Å². The van der Waals surface area contributed by atoms with E-state index in [9.17, 15) is 22.0 Å². The molecule has 2 aromatic carbocycles. The molecular weight excluding hydrogens is 416 g/mol. The lowest BCUT2D eigenvalue weighted by molar-refractivity contribution is -0.143. The van der Waals surface area contributed by atoms with E-state index in [1.54, 1.807) is 12.1 Å². The van der Waals surface area contributed by atoms with Crippen molar-refractivity contribution in [1.82, 2.24) is 9.21 Å². The quantitative estimate of drug-likeness (QED) is 0.736. The third-order valence-corrected chi connectivity index (χ3v) is 7.02. The molecule has 0 radical (unpaired) electrons. The van der Waals surface area contributed by atoms with Gasteiger partial charge in [-0.05, 0) is 36.4 Å². The molecule has 0 unspecified atom stereocenters. The van der Waals surface area contributed by atoms with Gasteiger partial charge in [0, 0.05) is 38.2 Å². The molecular formula is C20H19F2N3O4S. The Kier molecular flexibility index (Phi) is 5.52. The van der Waals surface area contributed by atoms with Crippen molar-refractivity contribution in [1.29, 1.82) is 0 Å². The van der Waals surface area contributed by atoms with Crippen LogP contribution in [-0.4, -0.2) is 61.5 Å². The molecule has 0 aliphatic carbocycles. The zero-order chi connectivity index (χ0) is 21.3. The highest BCUT2D eigenvalue weighted by atomic mass is 32.2. The molecule has 30 heavy (non-hydrogen) atoms. The molecule has 1 fully saturated rings. The van der Waals surface area contributed by atoms with Crippen molar-refractivity contribution in [3.63, 3.8) is 0 Å². The summed E-state index contributed by atoms with van der Waals surface area (Å²) in [6, 6.07) is 10.5. The lowest BCUT2D eigenvalue weighted by atomic mass is 10.0. The van der Waals surface area contributed by atoms with Gasteiger partial charge in [-0.15, -0.1) is 0 Å². The summed E-state index contributed by atoms with van der Waals surface area (Å²) in [6.07, 6.45) is -0.598. The lowest BCUT2D eigenvalue weighted by Crippen LogP contribution is -2.52. The van der Waals surface area contributed by atoms with Crippen LogP contribution in [0.25, 0.3) is 0 Å². The second-order valence-electron chi connectivity index (χ2n) is 7.03. The van der Waals surface area contributed by atoms with E-state index >= 15 is 0 Å². The normalized spacial score (nSPS) is 20.0. The molecule has 2 aliphatic rings. The molecule has 1 saturated heterocycles. The third kappa shape index (κ3) is 4.05. The van der Waals surface area contributed by atoms with Gasteiger partial charge in [-0.3, -0.25) is 4.79 Å². The van der Waals surface area contributed by atoms with Gasteiger partial charge in [0.15, 0.2) is 0 Å². The monoisotopic (exact) mass is 435 g/mol. The Hall–Kier alpha value is -2.85. The Morgan fingerprint density at radius 3 is 2.37 bits per heavy atom. The number of amides is 1. The maximum Gasteiger partial charge on any atom is 0.266 e. The minimum absolute atomic E-state index is 0.0101. The highest BCUT2D eigenvalue weighted by Crippen LogP contribution is 2.22. The molecule has 158 valence electrons. The highest BCUT2D eigenvalue weighted by molar-refractivity contribution is 7.89. The van der Waals surface area contributed by atoms with Crippen LogP contribution >= 0.6 is 0 Å². The van der Waals surface area contributed by atoms with Gasteiger partial charge in [0.1, 0.15) is 11.6 Å². The number of carbonyl (C=O) groups excluding carboxylic acids is 1. The molecule has 2 aliphatic heterocycles. The second-order valence-corrected chi connectivity index (χ2v) is 8.97. The van der Waals surface area contributed by atoms with Crippen LogP contribution in [0.4, 0.5) is 8.78 Å². The largest absolute Gasteiger partial charge is 0.382 e. The van der Waals surface area contributed by atoms with Gasteiger partial charge in [-0.2, -0.15) is 4.31 Å². The number of halogens is 2. The fraction of sp³-hybridized carbons (Fsp3) is 0.300. The Bertz CT molecular complexity index is 1080. The summed E-state index contributed by atoms with van der Waals surface area (Å²) in [5.74, 6) is -1.20. The first-order valence-electron chi connectivity index (χ1n) is 9.38. The molecule has 0 bridgehead atoms.